The second-order valence-corrected chi connectivity index (χ2v) is 4.68. The maximum atomic E-state index is 5.93. The lowest BCUT2D eigenvalue weighted by Gasteiger charge is -2.19. The highest BCUT2D eigenvalue weighted by atomic mass is 16.5. The summed E-state index contributed by atoms with van der Waals surface area (Å²) in [5.74, 6) is 0.740. The first-order valence-corrected chi connectivity index (χ1v) is 6.74. The van der Waals surface area contributed by atoms with Crippen molar-refractivity contribution >= 4 is 0 Å². The molecule has 1 aliphatic heterocycles. The fraction of sp³-hybridized carbons (Fsp3) is 0.643. The van der Waals surface area contributed by atoms with Gasteiger partial charge >= 0.3 is 0 Å². The van der Waals surface area contributed by atoms with Crippen LogP contribution in [0.15, 0.2) is 18.3 Å². The van der Waals surface area contributed by atoms with Gasteiger partial charge in [0.1, 0.15) is 6.10 Å². The Kier molecular flexibility index (Phi) is 4.96. The Bertz CT molecular complexity index is 365. The van der Waals surface area contributed by atoms with Crippen LogP contribution in [0.5, 0.6) is 5.88 Å². The van der Waals surface area contributed by atoms with Crippen LogP contribution in [0.25, 0.3) is 0 Å². The zero-order valence-electron chi connectivity index (χ0n) is 11.2. The van der Waals surface area contributed by atoms with Gasteiger partial charge in [0.2, 0.25) is 5.88 Å². The first-order valence-electron chi connectivity index (χ1n) is 6.74. The minimum absolute atomic E-state index is 0.150. The molecule has 0 amide bonds. The predicted molar refractivity (Wildman–Crippen MR) is 70.8 cm³/mol. The van der Waals surface area contributed by atoms with E-state index in [0.29, 0.717) is 6.61 Å². The van der Waals surface area contributed by atoms with E-state index >= 15 is 0 Å². The molecule has 1 saturated heterocycles. The molecule has 2 atom stereocenters. The average Bonchev–Trinajstić information content (AvgIpc) is 2.89. The average molecular weight is 250 g/mol. The van der Waals surface area contributed by atoms with Gasteiger partial charge in [0.15, 0.2) is 0 Å². The fourth-order valence-electron chi connectivity index (χ4n) is 2.07. The minimum Gasteiger partial charge on any atom is -0.472 e. The highest BCUT2D eigenvalue weighted by Crippen LogP contribution is 2.24. The molecule has 1 fully saturated rings. The third-order valence-electron chi connectivity index (χ3n) is 3.13. The Hall–Kier alpha value is -1.13. The highest BCUT2D eigenvalue weighted by molar-refractivity contribution is 5.28. The van der Waals surface area contributed by atoms with Crippen LogP contribution in [-0.2, 0) is 4.74 Å². The summed E-state index contributed by atoms with van der Waals surface area (Å²) >= 11 is 0. The largest absolute Gasteiger partial charge is 0.472 e. The number of rotatable bonds is 6. The lowest BCUT2D eigenvalue weighted by Crippen LogP contribution is -2.22. The normalized spacial score (nSPS) is 20.9. The Morgan fingerprint density at radius 2 is 2.50 bits per heavy atom. The van der Waals surface area contributed by atoms with Gasteiger partial charge in [-0.3, -0.25) is 0 Å². The van der Waals surface area contributed by atoms with Crippen molar-refractivity contribution in [3.05, 3.63) is 23.9 Å². The van der Waals surface area contributed by atoms with Crippen LogP contribution in [0, 0.1) is 0 Å². The van der Waals surface area contributed by atoms with E-state index in [9.17, 15) is 0 Å². The maximum absolute atomic E-state index is 5.93. The number of hydrogen-bond donors (Lipinski definition) is 1. The van der Waals surface area contributed by atoms with E-state index in [2.05, 4.69) is 30.2 Å². The predicted octanol–water partition coefficient (Wildman–Crippen LogP) is 2.31. The fourth-order valence-corrected chi connectivity index (χ4v) is 2.07. The zero-order chi connectivity index (χ0) is 12.8. The molecule has 0 aromatic carbocycles. The smallest absolute Gasteiger partial charge is 0.218 e. The molecule has 100 valence electrons. The molecule has 2 unspecified atom stereocenters. The first kappa shape index (κ1) is 13.3. The lowest BCUT2D eigenvalue weighted by atomic mass is 10.1. The van der Waals surface area contributed by atoms with Gasteiger partial charge in [-0.15, -0.1) is 0 Å². The molecule has 0 aliphatic carbocycles. The van der Waals surface area contributed by atoms with Crippen LogP contribution in [0.4, 0.5) is 0 Å². The summed E-state index contributed by atoms with van der Waals surface area (Å²) in [6.45, 7) is 6.77. The molecule has 4 nitrogen and oxygen atoms in total. The number of nitrogens with zero attached hydrogens (tertiary/aromatic N) is 1. The standard InChI is InChI=1S/C14H22N2O2/c1-3-7-15-11(2)13-5-4-8-16-14(13)18-12-6-9-17-10-12/h4-5,8,11-12,15H,3,6-7,9-10H2,1-2H3. The molecule has 1 aliphatic rings. The Morgan fingerprint density at radius 3 is 3.22 bits per heavy atom. The number of hydrogen-bond acceptors (Lipinski definition) is 4. The summed E-state index contributed by atoms with van der Waals surface area (Å²) in [5, 5.41) is 3.46. The Labute approximate surface area is 109 Å². The van der Waals surface area contributed by atoms with E-state index in [1.165, 1.54) is 0 Å². The van der Waals surface area contributed by atoms with Crippen LogP contribution in [0.2, 0.25) is 0 Å². The van der Waals surface area contributed by atoms with Gasteiger partial charge in [0.05, 0.1) is 13.2 Å². The van der Waals surface area contributed by atoms with Crippen LogP contribution < -0.4 is 10.1 Å². The van der Waals surface area contributed by atoms with E-state index in [0.717, 1.165) is 37.4 Å². The van der Waals surface area contributed by atoms with Crippen LogP contribution in [0.3, 0.4) is 0 Å². The molecule has 1 aromatic heterocycles. The van der Waals surface area contributed by atoms with Gasteiger partial charge in [-0.1, -0.05) is 13.0 Å². The molecule has 2 heterocycles. The molecule has 4 heteroatoms. The van der Waals surface area contributed by atoms with Crippen molar-refractivity contribution in [1.29, 1.82) is 0 Å². The summed E-state index contributed by atoms with van der Waals surface area (Å²) in [7, 11) is 0. The topological polar surface area (TPSA) is 43.4 Å². The van der Waals surface area contributed by atoms with Gasteiger partial charge < -0.3 is 14.8 Å². The molecule has 0 radical (unpaired) electrons. The monoisotopic (exact) mass is 250 g/mol. The zero-order valence-corrected chi connectivity index (χ0v) is 11.2. The number of ether oxygens (including phenoxy) is 2. The van der Waals surface area contributed by atoms with Gasteiger partial charge in [-0.25, -0.2) is 4.98 Å². The molecule has 0 bridgehead atoms. The maximum Gasteiger partial charge on any atom is 0.218 e. The van der Waals surface area contributed by atoms with E-state index in [4.69, 9.17) is 9.47 Å². The number of nitrogens with one attached hydrogen (secondary N) is 1. The van der Waals surface area contributed by atoms with E-state index < -0.39 is 0 Å². The third-order valence-corrected chi connectivity index (χ3v) is 3.13. The molecule has 1 aromatic rings. The summed E-state index contributed by atoms with van der Waals surface area (Å²) in [6, 6.07) is 4.29. The van der Waals surface area contributed by atoms with E-state index in [-0.39, 0.29) is 12.1 Å². The molecule has 2 rings (SSSR count). The first-order chi connectivity index (χ1) is 8.81. The third kappa shape index (κ3) is 3.43. The van der Waals surface area contributed by atoms with Gasteiger partial charge in [-0.2, -0.15) is 0 Å². The quantitative estimate of drug-likeness (QED) is 0.841. The SMILES string of the molecule is CCCNC(C)c1cccnc1OC1CCOC1. The summed E-state index contributed by atoms with van der Waals surface area (Å²) in [6.07, 6.45) is 4.00. The molecule has 18 heavy (non-hydrogen) atoms. The molecule has 1 N–H and O–H groups in total. The van der Waals surface area contributed by atoms with Crippen molar-refractivity contribution < 1.29 is 9.47 Å². The second kappa shape index (κ2) is 6.71. The molecule has 0 saturated carbocycles. The van der Waals surface area contributed by atoms with Gasteiger partial charge in [0.25, 0.3) is 0 Å². The van der Waals surface area contributed by atoms with Crippen LogP contribution >= 0.6 is 0 Å². The second-order valence-electron chi connectivity index (χ2n) is 4.68. The Balaban J connectivity index is 2.04. The molecular formula is C14H22N2O2. The van der Waals surface area contributed by atoms with E-state index in [1.54, 1.807) is 6.20 Å². The van der Waals surface area contributed by atoms with Crippen LogP contribution in [-0.4, -0.2) is 30.8 Å². The number of aromatic nitrogens is 1. The number of pyridine rings is 1. The van der Waals surface area contributed by atoms with Crippen molar-refractivity contribution in [2.45, 2.75) is 38.8 Å². The Morgan fingerprint density at radius 1 is 1.61 bits per heavy atom. The summed E-state index contributed by atoms with van der Waals surface area (Å²) < 4.78 is 11.3. The van der Waals surface area contributed by atoms with Crippen molar-refractivity contribution in [3.63, 3.8) is 0 Å². The highest BCUT2D eigenvalue weighted by Gasteiger charge is 2.20. The molecular weight excluding hydrogens is 228 g/mol. The van der Waals surface area contributed by atoms with Gasteiger partial charge in [0, 0.05) is 24.2 Å². The van der Waals surface area contributed by atoms with Crippen molar-refractivity contribution in [3.8, 4) is 5.88 Å². The van der Waals surface area contributed by atoms with Gasteiger partial charge in [-0.05, 0) is 26.0 Å². The molecule has 0 spiro atoms. The van der Waals surface area contributed by atoms with Crippen LogP contribution in [0.1, 0.15) is 38.3 Å². The lowest BCUT2D eigenvalue weighted by molar-refractivity contribution is 0.136. The van der Waals surface area contributed by atoms with Crippen molar-refractivity contribution in [2.24, 2.45) is 0 Å². The minimum atomic E-state index is 0.150. The van der Waals surface area contributed by atoms with Crippen molar-refractivity contribution in [2.75, 3.05) is 19.8 Å². The summed E-state index contributed by atoms with van der Waals surface area (Å²) in [4.78, 5) is 4.35. The van der Waals surface area contributed by atoms with E-state index in [1.807, 2.05) is 6.07 Å². The summed E-state index contributed by atoms with van der Waals surface area (Å²) in [5.41, 5.74) is 1.12. The van der Waals surface area contributed by atoms with Crippen molar-refractivity contribution in [1.82, 2.24) is 10.3 Å².